The number of hydrogen-bond acceptors (Lipinski definition) is 3. The number of aliphatic hydroxyl groups is 1. The zero-order valence-corrected chi connectivity index (χ0v) is 13.4. The summed E-state index contributed by atoms with van der Waals surface area (Å²) in [4.78, 5) is 14.4. The fourth-order valence-electron chi connectivity index (χ4n) is 3.75. The second kappa shape index (κ2) is 6.09. The van der Waals surface area contributed by atoms with Crippen molar-refractivity contribution in [2.45, 2.75) is 44.1 Å². The lowest BCUT2D eigenvalue weighted by atomic mass is 9.71. The number of fused-ring (bicyclic) bond motifs is 1. The maximum Gasteiger partial charge on any atom is 0.227 e. The number of halogens is 1. The summed E-state index contributed by atoms with van der Waals surface area (Å²) < 4.78 is 0. The van der Waals surface area contributed by atoms with E-state index in [0.717, 1.165) is 31.2 Å². The third-order valence-electron chi connectivity index (χ3n) is 5.16. The largest absolute Gasteiger partial charge is 0.508 e. The smallest absolute Gasteiger partial charge is 0.227 e. The fraction of sp³-hybridized carbons (Fsp3) is 0.588. The normalized spacial score (nSPS) is 28.3. The summed E-state index contributed by atoms with van der Waals surface area (Å²) in [6.07, 6.45) is 5.00. The Morgan fingerprint density at radius 3 is 2.95 bits per heavy atom. The first kappa shape index (κ1) is 15.6. The third kappa shape index (κ3) is 3.08. The lowest BCUT2D eigenvalue weighted by Crippen LogP contribution is -2.54. The van der Waals surface area contributed by atoms with Gasteiger partial charge in [-0.1, -0.05) is 30.5 Å². The molecular weight excluding hydrogens is 302 g/mol. The number of carbonyl (C=O) groups is 1. The van der Waals surface area contributed by atoms with E-state index in [1.807, 2.05) is 4.90 Å². The number of piperidine rings is 1. The zero-order valence-electron chi connectivity index (χ0n) is 12.6. The molecule has 1 aliphatic carbocycles. The van der Waals surface area contributed by atoms with E-state index in [9.17, 15) is 15.0 Å². The quantitative estimate of drug-likeness (QED) is 0.879. The molecule has 2 unspecified atom stereocenters. The van der Waals surface area contributed by atoms with E-state index < -0.39 is 5.60 Å². The molecule has 0 aromatic heterocycles. The number of likely N-dealkylation sites (tertiary alicyclic amines) is 1. The van der Waals surface area contributed by atoms with Crippen molar-refractivity contribution in [3.05, 3.63) is 28.8 Å². The molecule has 2 atom stereocenters. The highest BCUT2D eigenvalue weighted by Crippen LogP contribution is 2.39. The topological polar surface area (TPSA) is 60.8 Å². The van der Waals surface area contributed by atoms with Gasteiger partial charge in [0.1, 0.15) is 5.75 Å². The van der Waals surface area contributed by atoms with E-state index in [1.54, 1.807) is 12.1 Å². The molecule has 1 saturated carbocycles. The molecule has 3 rings (SSSR count). The van der Waals surface area contributed by atoms with Gasteiger partial charge in [-0.3, -0.25) is 4.79 Å². The Kier molecular flexibility index (Phi) is 4.33. The molecule has 0 spiro atoms. The van der Waals surface area contributed by atoms with Gasteiger partial charge in [-0.15, -0.1) is 0 Å². The van der Waals surface area contributed by atoms with Crippen LogP contribution in [0, 0.1) is 5.92 Å². The summed E-state index contributed by atoms with van der Waals surface area (Å²) in [6, 6.07) is 4.70. The minimum atomic E-state index is -0.564. The summed E-state index contributed by atoms with van der Waals surface area (Å²) in [5.74, 6) is 0.348. The first-order valence-electron chi connectivity index (χ1n) is 7.95. The number of amides is 1. The predicted molar refractivity (Wildman–Crippen MR) is 84.9 cm³/mol. The maximum absolute atomic E-state index is 12.5. The molecule has 0 bridgehead atoms. The Balaban J connectivity index is 1.66. The van der Waals surface area contributed by atoms with Crippen LogP contribution in [0.25, 0.3) is 0 Å². The van der Waals surface area contributed by atoms with Gasteiger partial charge in [0.05, 0.1) is 12.0 Å². The molecule has 120 valence electrons. The molecule has 1 aliphatic heterocycles. The van der Waals surface area contributed by atoms with Crippen molar-refractivity contribution in [2.24, 2.45) is 5.92 Å². The second-order valence-electron chi connectivity index (χ2n) is 6.59. The Bertz CT molecular complexity index is 577. The van der Waals surface area contributed by atoms with Crippen molar-refractivity contribution in [1.82, 2.24) is 4.90 Å². The van der Waals surface area contributed by atoms with Gasteiger partial charge in [0.25, 0.3) is 0 Å². The first-order valence-corrected chi connectivity index (χ1v) is 8.33. The highest BCUT2D eigenvalue weighted by molar-refractivity contribution is 6.31. The van der Waals surface area contributed by atoms with E-state index in [4.69, 9.17) is 11.6 Å². The van der Waals surface area contributed by atoms with E-state index in [0.29, 0.717) is 24.5 Å². The molecule has 1 saturated heterocycles. The van der Waals surface area contributed by atoms with Crippen molar-refractivity contribution in [1.29, 1.82) is 0 Å². The molecule has 22 heavy (non-hydrogen) atoms. The highest BCUT2D eigenvalue weighted by atomic mass is 35.5. The summed E-state index contributed by atoms with van der Waals surface area (Å²) in [5.41, 5.74) is 0.166. The first-order chi connectivity index (χ1) is 10.5. The lowest BCUT2D eigenvalue weighted by Gasteiger charge is -2.47. The van der Waals surface area contributed by atoms with Gasteiger partial charge < -0.3 is 15.1 Å². The van der Waals surface area contributed by atoms with E-state index in [-0.39, 0.29) is 24.0 Å². The summed E-state index contributed by atoms with van der Waals surface area (Å²) in [6.45, 7) is 1.26. The number of hydrogen-bond donors (Lipinski definition) is 2. The number of benzene rings is 1. The van der Waals surface area contributed by atoms with Crippen molar-refractivity contribution in [3.8, 4) is 5.75 Å². The molecule has 2 aliphatic rings. The lowest BCUT2D eigenvalue weighted by molar-refractivity contribution is -0.142. The molecule has 4 nitrogen and oxygen atoms in total. The Morgan fingerprint density at radius 1 is 1.36 bits per heavy atom. The SMILES string of the molecule is O=C(Cc1ccc(O)cc1Cl)N1CCC2(O)CCCCC2C1. The molecule has 2 fully saturated rings. The van der Waals surface area contributed by atoms with Crippen LogP contribution in [0.2, 0.25) is 5.02 Å². The number of rotatable bonds is 2. The number of carbonyl (C=O) groups excluding carboxylic acids is 1. The summed E-state index contributed by atoms with van der Waals surface area (Å²) in [5, 5.41) is 20.5. The number of phenolic OH excluding ortho intramolecular Hbond substituents is 1. The molecular formula is C17H22ClNO3. The van der Waals surface area contributed by atoms with Crippen LogP contribution in [-0.2, 0) is 11.2 Å². The standard InChI is InChI=1S/C17H22ClNO3/c18-15-10-14(20)5-4-12(15)9-16(21)19-8-7-17(22)6-2-1-3-13(17)11-19/h4-5,10,13,20,22H,1-3,6-9,11H2. The van der Waals surface area contributed by atoms with Crippen LogP contribution in [0.1, 0.15) is 37.7 Å². The van der Waals surface area contributed by atoms with Crippen LogP contribution in [-0.4, -0.2) is 39.7 Å². The Hall–Kier alpha value is -1.26. The molecule has 1 aromatic rings. The van der Waals surface area contributed by atoms with E-state index >= 15 is 0 Å². The molecule has 1 heterocycles. The minimum absolute atomic E-state index is 0.0419. The number of nitrogens with zero attached hydrogens (tertiary/aromatic N) is 1. The average Bonchev–Trinajstić information content (AvgIpc) is 2.49. The fourth-order valence-corrected chi connectivity index (χ4v) is 3.99. The molecule has 0 radical (unpaired) electrons. The Morgan fingerprint density at radius 2 is 2.18 bits per heavy atom. The summed E-state index contributed by atoms with van der Waals surface area (Å²) in [7, 11) is 0. The highest BCUT2D eigenvalue weighted by Gasteiger charge is 2.43. The van der Waals surface area contributed by atoms with Gasteiger partial charge in [-0.05, 0) is 37.0 Å². The van der Waals surface area contributed by atoms with Crippen LogP contribution in [0.3, 0.4) is 0 Å². The molecule has 2 N–H and O–H groups in total. The van der Waals surface area contributed by atoms with E-state index in [2.05, 4.69) is 0 Å². The van der Waals surface area contributed by atoms with Crippen molar-refractivity contribution >= 4 is 17.5 Å². The van der Waals surface area contributed by atoms with Crippen LogP contribution in [0.15, 0.2) is 18.2 Å². The number of aromatic hydroxyl groups is 1. The summed E-state index contributed by atoms with van der Waals surface area (Å²) >= 11 is 6.07. The second-order valence-corrected chi connectivity index (χ2v) is 7.00. The minimum Gasteiger partial charge on any atom is -0.508 e. The van der Waals surface area contributed by atoms with Gasteiger partial charge >= 0.3 is 0 Å². The van der Waals surface area contributed by atoms with Gasteiger partial charge in [0, 0.05) is 24.0 Å². The van der Waals surface area contributed by atoms with E-state index in [1.165, 1.54) is 6.07 Å². The monoisotopic (exact) mass is 323 g/mol. The zero-order chi connectivity index (χ0) is 15.7. The van der Waals surface area contributed by atoms with Crippen molar-refractivity contribution in [3.63, 3.8) is 0 Å². The molecule has 5 heteroatoms. The Labute approximate surface area is 135 Å². The predicted octanol–water partition coefficient (Wildman–Crippen LogP) is 2.74. The van der Waals surface area contributed by atoms with Gasteiger partial charge in [0.15, 0.2) is 0 Å². The molecule has 1 amide bonds. The maximum atomic E-state index is 12.5. The van der Waals surface area contributed by atoms with Gasteiger partial charge in [-0.25, -0.2) is 0 Å². The van der Waals surface area contributed by atoms with Gasteiger partial charge in [-0.2, -0.15) is 0 Å². The van der Waals surface area contributed by atoms with Crippen molar-refractivity contribution < 1.29 is 15.0 Å². The van der Waals surface area contributed by atoms with Crippen molar-refractivity contribution in [2.75, 3.05) is 13.1 Å². The number of phenols is 1. The van der Waals surface area contributed by atoms with Gasteiger partial charge in [0.2, 0.25) is 5.91 Å². The van der Waals surface area contributed by atoms with Crippen LogP contribution in [0.4, 0.5) is 0 Å². The van der Waals surface area contributed by atoms with Crippen LogP contribution >= 0.6 is 11.6 Å². The third-order valence-corrected chi connectivity index (χ3v) is 5.51. The van der Waals surface area contributed by atoms with Crippen LogP contribution in [0.5, 0.6) is 5.75 Å². The molecule has 1 aromatic carbocycles. The average molecular weight is 324 g/mol. The van der Waals surface area contributed by atoms with Crippen LogP contribution < -0.4 is 0 Å².